The first-order valence-corrected chi connectivity index (χ1v) is 6.77. The molecule has 0 aliphatic heterocycles. The Labute approximate surface area is 125 Å². The molecule has 1 aliphatic carbocycles. The summed E-state index contributed by atoms with van der Waals surface area (Å²) in [5.41, 5.74) is 6.55. The number of hydrogen-bond acceptors (Lipinski definition) is 3. The van der Waals surface area contributed by atoms with Crippen LogP contribution in [0, 0.1) is 5.92 Å². The Morgan fingerprint density at radius 3 is 2.45 bits per heavy atom. The molecule has 1 amide bonds. The highest BCUT2D eigenvalue weighted by Crippen LogP contribution is 2.31. The van der Waals surface area contributed by atoms with Crippen molar-refractivity contribution >= 4 is 24.1 Å². The molecule has 1 aliphatic rings. The maximum atomic E-state index is 11.8. The van der Waals surface area contributed by atoms with Crippen molar-refractivity contribution < 1.29 is 9.59 Å². The first-order valence-electron chi connectivity index (χ1n) is 6.77. The molecule has 0 spiro atoms. The van der Waals surface area contributed by atoms with E-state index in [0.717, 1.165) is 0 Å². The number of ketones is 1. The summed E-state index contributed by atoms with van der Waals surface area (Å²) in [5.74, 6) is 0.480. The molecule has 0 aromatic heterocycles. The Hall–Kier alpha value is -1.39. The topological polar surface area (TPSA) is 72.2 Å². The molecule has 1 aromatic rings. The molecular formula is C15H21ClN2O2. The number of hydrogen-bond donors (Lipinski definition) is 2. The van der Waals surface area contributed by atoms with Crippen LogP contribution in [0.25, 0.3) is 0 Å². The van der Waals surface area contributed by atoms with Gasteiger partial charge in [-0.3, -0.25) is 9.59 Å². The van der Waals surface area contributed by atoms with E-state index in [1.807, 2.05) is 18.2 Å². The SMILES string of the molecule is Cl.NC(CNC(=O)CCC(=O)c1ccccc1)C1CC1. The summed E-state index contributed by atoms with van der Waals surface area (Å²) in [6, 6.07) is 9.10. The van der Waals surface area contributed by atoms with E-state index in [2.05, 4.69) is 5.32 Å². The van der Waals surface area contributed by atoms with Crippen LogP contribution < -0.4 is 11.1 Å². The van der Waals surface area contributed by atoms with Crippen LogP contribution in [-0.4, -0.2) is 24.3 Å². The lowest BCUT2D eigenvalue weighted by atomic mass is 10.1. The summed E-state index contributed by atoms with van der Waals surface area (Å²) in [4.78, 5) is 23.4. The molecule has 110 valence electrons. The first-order chi connectivity index (χ1) is 9.16. The Bertz CT molecular complexity index is 446. The summed E-state index contributed by atoms with van der Waals surface area (Å²) >= 11 is 0. The lowest BCUT2D eigenvalue weighted by molar-refractivity contribution is -0.121. The number of nitrogens with two attached hydrogens (primary N) is 1. The number of benzene rings is 1. The van der Waals surface area contributed by atoms with Crippen LogP contribution >= 0.6 is 12.4 Å². The van der Waals surface area contributed by atoms with Crippen molar-refractivity contribution in [1.29, 1.82) is 0 Å². The fraction of sp³-hybridized carbons (Fsp3) is 0.467. The molecule has 2 rings (SSSR count). The average Bonchev–Trinajstić information content (AvgIpc) is 3.27. The third kappa shape index (κ3) is 5.31. The van der Waals surface area contributed by atoms with E-state index in [0.29, 0.717) is 18.0 Å². The highest BCUT2D eigenvalue weighted by atomic mass is 35.5. The minimum Gasteiger partial charge on any atom is -0.355 e. The van der Waals surface area contributed by atoms with E-state index in [1.54, 1.807) is 12.1 Å². The second-order valence-electron chi connectivity index (χ2n) is 5.09. The van der Waals surface area contributed by atoms with E-state index in [1.165, 1.54) is 12.8 Å². The van der Waals surface area contributed by atoms with Crippen LogP contribution in [0.5, 0.6) is 0 Å². The minimum absolute atomic E-state index is 0. The molecule has 0 radical (unpaired) electrons. The van der Waals surface area contributed by atoms with Gasteiger partial charge in [0.05, 0.1) is 0 Å². The molecule has 1 unspecified atom stereocenters. The van der Waals surface area contributed by atoms with Crippen LogP contribution in [0.4, 0.5) is 0 Å². The lowest BCUT2D eigenvalue weighted by Crippen LogP contribution is -2.38. The van der Waals surface area contributed by atoms with Crippen molar-refractivity contribution in [3.63, 3.8) is 0 Å². The third-order valence-corrected chi connectivity index (χ3v) is 3.44. The Morgan fingerprint density at radius 2 is 1.85 bits per heavy atom. The molecular weight excluding hydrogens is 276 g/mol. The summed E-state index contributed by atoms with van der Waals surface area (Å²) in [5, 5.41) is 2.79. The van der Waals surface area contributed by atoms with Gasteiger partial charge in [0.25, 0.3) is 0 Å². The van der Waals surface area contributed by atoms with Crippen LogP contribution in [-0.2, 0) is 4.79 Å². The van der Waals surface area contributed by atoms with Crippen molar-refractivity contribution in [2.45, 2.75) is 31.7 Å². The number of nitrogens with one attached hydrogen (secondary N) is 1. The monoisotopic (exact) mass is 296 g/mol. The van der Waals surface area contributed by atoms with Gasteiger partial charge in [-0.2, -0.15) is 0 Å². The molecule has 5 heteroatoms. The van der Waals surface area contributed by atoms with Crippen molar-refractivity contribution in [2.75, 3.05) is 6.54 Å². The molecule has 1 saturated carbocycles. The summed E-state index contributed by atoms with van der Waals surface area (Å²) in [7, 11) is 0. The predicted molar refractivity (Wildman–Crippen MR) is 81.0 cm³/mol. The van der Waals surface area contributed by atoms with Crippen molar-refractivity contribution in [3.05, 3.63) is 35.9 Å². The minimum atomic E-state index is -0.0969. The standard InChI is InChI=1S/C15H20N2O2.ClH/c16-13(11-6-7-11)10-17-15(19)9-8-14(18)12-4-2-1-3-5-12;/h1-5,11,13H,6-10,16H2,(H,17,19);1H. The number of amides is 1. The van der Waals surface area contributed by atoms with E-state index < -0.39 is 0 Å². The second kappa shape index (κ2) is 8.02. The summed E-state index contributed by atoms with van der Waals surface area (Å²) in [6.07, 6.45) is 2.81. The van der Waals surface area contributed by atoms with Crippen LogP contribution in [0.3, 0.4) is 0 Å². The maximum Gasteiger partial charge on any atom is 0.220 e. The Kier molecular flexibility index (Phi) is 6.68. The van der Waals surface area contributed by atoms with Crippen LogP contribution in [0.1, 0.15) is 36.0 Å². The smallest absolute Gasteiger partial charge is 0.220 e. The van der Waals surface area contributed by atoms with E-state index in [-0.39, 0.29) is 43.0 Å². The van der Waals surface area contributed by atoms with E-state index in [4.69, 9.17) is 5.73 Å². The molecule has 4 nitrogen and oxygen atoms in total. The van der Waals surface area contributed by atoms with Gasteiger partial charge in [-0.05, 0) is 18.8 Å². The van der Waals surface area contributed by atoms with E-state index >= 15 is 0 Å². The average molecular weight is 297 g/mol. The van der Waals surface area contributed by atoms with Gasteiger partial charge in [-0.25, -0.2) is 0 Å². The fourth-order valence-electron chi connectivity index (χ4n) is 2.01. The molecule has 1 fully saturated rings. The molecule has 0 heterocycles. The van der Waals surface area contributed by atoms with Gasteiger partial charge in [-0.1, -0.05) is 30.3 Å². The van der Waals surface area contributed by atoms with Crippen molar-refractivity contribution in [3.8, 4) is 0 Å². The van der Waals surface area contributed by atoms with Crippen molar-refractivity contribution in [2.24, 2.45) is 11.7 Å². The number of carbonyl (C=O) groups is 2. The zero-order valence-electron chi connectivity index (χ0n) is 11.4. The maximum absolute atomic E-state index is 11.8. The largest absolute Gasteiger partial charge is 0.355 e. The molecule has 1 aromatic carbocycles. The predicted octanol–water partition coefficient (Wildman–Crippen LogP) is 1.92. The highest BCUT2D eigenvalue weighted by Gasteiger charge is 2.28. The highest BCUT2D eigenvalue weighted by molar-refractivity contribution is 5.97. The fourth-order valence-corrected chi connectivity index (χ4v) is 2.01. The third-order valence-electron chi connectivity index (χ3n) is 3.44. The number of rotatable bonds is 7. The molecule has 20 heavy (non-hydrogen) atoms. The summed E-state index contributed by atoms with van der Waals surface area (Å²) < 4.78 is 0. The zero-order chi connectivity index (χ0) is 13.7. The molecule has 0 saturated heterocycles. The molecule has 3 N–H and O–H groups in total. The van der Waals surface area contributed by atoms with Crippen LogP contribution in [0.2, 0.25) is 0 Å². The summed E-state index contributed by atoms with van der Waals surface area (Å²) in [6.45, 7) is 0.517. The number of carbonyl (C=O) groups excluding carboxylic acids is 2. The number of Topliss-reactive ketones (excluding diaryl/α,β-unsaturated/α-hetero) is 1. The molecule has 0 bridgehead atoms. The van der Waals surface area contributed by atoms with E-state index in [9.17, 15) is 9.59 Å². The van der Waals surface area contributed by atoms with Gasteiger partial charge in [0.1, 0.15) is 0 Å². The Morgan fingerprint density at radius 1 is 1.20 bits per heavy atom. The first kappa shape index (κ1) is 16.7. The second-order valence-corrected chi connectivity index (χ2v) is 5.09. The van der Waals surface area contributed by atoms with Crippen LogP contribution in [0.15, 0.2) is 30.3 Å². The van der Waals surface area contributed by atoms with Gasteiger partial charge in [-0.15, -0.1) is 12.4 Å². The molecule has 1 atom stereocenters. The normalized spacial score (nSPS) is 15.1. The van der Waals surface area contributed by atoms with Gasteiger partial charge >= 0.3 is 0 Å². The van der Waals surface area contributed by atoms with Crippen molar-refractivity contribution in [1.82, 2.24) is 5.32 Å². The number of halogens is 1. The van der Waals surface area contributed by atoms with Gasteiger partial charge in [0.15, 0.2) is 5.78 Å². The Balaban J connectivity index is 0.00000200. The zero-order valence-corrected chi connectivity index (χ0v) is 12.2. The van der Waals surface area contributed by atoms with Gasteiger partial charge in [0, 0.05) is 31.0 Å². The van der Waals surface area contributed by atoms with Gasteiger partial charge < -0.3 is 11.1 Å². The van der Waals surface area contributed by atoms with Gasteiger partial charge in [0.2, 0.25) is 5.91 Å². The quantitative estimate of drug-likeness (QED) is 0.755. The lowest BCUT2D eigenvalue weighted by Gasteiger charge is -2.11.